The molecule has 9 heteroatoms. The Hall–Kier alpha value is -2.16. The molecule has 0 aliphatic carbocycles. The number of aromatic nitrogens is 2. The molecule has 0 bridgehead atoms. The van der Waals surface area contributed by atoms with E-state index in [-0.39, 0.29) is 11.7 Å². The van der Waals surface area contributed by atoms with E-state index in [2.05, 4.69) is 9.97 Å². The number of hydrogen-bond donors (Lipinski definition) is 0. The van der Waals surface area contributed by atoms with Gasteiger partial charge in [-0.15, -0.1) is 0 Å². The summed E-state index contributed by atoms with van der Waals surface area (Å²) in [6.45, 7) is 1.76. The van der Waals surface area contributed by atoms with Crippen molar-refractivity contribution >= 4 is 23.1 Å². The van der Waals surface area contributed by atoms with E-state index in [1.54, 1.807) is 21.2 Å². The minimum atomic E-state index is -4.49. The van der Waals surface area contributed by atoms with Gasteiger partial charge in [-0.3, -0.25) is 4.79 Å². The number of rotatable bonds is 2. The lowest BCUT2D eigenvalue weighted by atomic mass is 10.2. The zero-order valence-corrected chi connectivity index (χ0v) is 12.8. The third kappa shape index (κ3) is 3.44. The number of nitrogens with zero attached hydrogens (tertiary/aromatic N) is 4. The molecule has 1 amide bonds. The maximum atomic E-state index is 12.7. The van der Waals surface area contributed by atoms with Crippen molar-refractivity contribution in [2.75, 3.05) is 31.1 Å². The van der Waals surface area contributed by atoms with Gasteiger partial charge >= 0.3 is 6.18 Å². The molecular formula is C14H13F3N4OS. The Kier molecular flexibility index (Phi) is 4.20. The van der Waals surface area contributed by atoms with Crippen molar-refractivity contribution in [3.8, 4) is 0 Å². The number of alkyl halides is 3. The van der Waals surface area contributed by atoms with Crippen molar-refractivity contribution < 1.29 is 18.0 Å². The van der Waals surface area contributed by atoms with Crippen LogP contribution in [0.4, 0.5) is 19.0 Å². The maximum absolute atomic E-state index is 12.7. The molecule has 0 radical (unpaired) electrons. The van der Waals surface area contributed by atoms with Crippen LogP contribution in [0.1, 0.15) is 16.1 Å². The fourth-order valence-corrected chi connectivity index (χ4v) is 3.01. The summed E-state index contributed by atoms with van der Waals surface area (Å²) < 4.78 is 38.1. The second kappa shape index (κ2) is 6.15. The zero-order chi connectivity index (χ0) is 16.4. The highest BCUT2D eigenvalue weighted by Gasteiger charge is 2.33. The molecule has 5 nitrogen and oxygen atoms in total. The molecule has 1 aliphatic heterocycles. The Morgan fingerprint density at radius 2 is 1.91 bits per heavy atom. The number of anilines is 1. The topological polar surface area (TPSA) is 49.3 Å². The van der Waals surface area contributed by atoms with Crippen LogP contribution in [0.5, 0.6) is 0 Å². The van der Waals surface area contributed by atoms with Gasteiger partial charge in [-0.25, -0.2) is 9.97 Å². The smallest absolute Gasteiger partial charge is 0.353 e. The van der Waals surface area contributed by atoms with Crippen molar-refractivity contribution in [1.82, 2.24) is 14.9 Å². The van der Waals surface area contributed by atoms with Gasteiger partial charge in [-0.05, 0) is 11.4 Å². The first-order valence-corrected chi connectivity index (χ1v) is 7.85. The van der Waals surface area contributed by atoms with Crippen LogP contribution >= 0.6 is 11.3 Å². The molecule has 0 saturated carbocycles. The lowest BCUT2D eigenvalue weighted by molar-refractivity contribution is -0.141. The molecule has 1 aliphatic rings. The third-order valence-electron chi connectivity index (χ3n) is 3.60. The minimum Gasteiger partial charge on any atom is -0.353 e. The van der Waals surface area contributed by atoms with Gasteiger partial charge in [0.05, 0.1) is 5.56 Å². The van der Waals surface area contributed by atoms with Gasteiger partial charge in [0.2, 0.25) is 0 Å². The Morgan fingerprint density at radius 1 is 1.17 bits per heavy atom. The lowest BCUT2D eigenvalue weighted by Gasteiger charge is -2.35. The normalized spacial score (nSPS) is 15.8. The molecule has 1 saturated heterocycles. The number of amides is 1. The molecule has 2 aromatic heterocycles. The molecule has 3 heterocycles. The third-order valence-corrected chi connectivity index (χ3v) is 4.29. The Balaban J connectivity index is 1.66. The SMILES string of the molecule is O=C(c1ccsc1)N1CCN(c2cc(C(F)(F)F)ncn2)CC1. The zero-order valence-electron chi connectivity index (χ0n) is 12.0. The van der Waals surface area contributed by atoms with Crippen LogP contribution in [0.3, 0.4) is 0 Å². The quantitative estimate of drug-likeness (QED) is 0.841. The van der Waals surface area contributed by atoms with Crippen LogP contribution in [0.15, 0.2) is 29.2 Å². The van der Waals surface area contributed by atoms with Gasteiger partial charge in [0.1, 0.15) is 17.8 Å². The molecule has 0 atom stereocenters. The number of piperazine rings is 1. The molecule has 122 valence electrons. The van der Waals surface area contributed by atoms with Gasteiger partial charge in [0.15, 0.2) is 0 Å². The van der Waals surface area contributed by atoms with E-state index >= 15 is 0 Å². The molecule has 3 rings (SSSR count). The molecule has 0 aromatic carbocycles. The van der Waals surface area contributed by atoms with Gasteiger partial charge in [0.25, 0.3) is 5.91 Å². The summed E-state index contributed by atoms with van der Waals surface area (Å²) in [6.07, 6.45) is -3.57. The summed E-state index contributed by atoms with van der Waals surface area (Å²) in [5.41, 5.74) is -0.316. The van der Waals surface area contributed by atoms with Crippen LogP contribution in [0.25, 0.3) is 0 Å². The van der Waals surface area contributed by atoms with E-state index < -0.39 is 11.9 Å². The molecule has 23 heavy (non-hydrogen) atoms. The van der Waals surface area contributed by atoms with Crippen molar-refractivity contribution in [3.05, 3.63) is 40.5 Å². The lowest BCUT2D eigenvalue weighted by Crippen LogP contribution is -2.49. The van der Waals surface area contributed by atoms with E-state index in [4.69, 9.17) is 0 Å². The van der Waals surface area contributed by atoms with E-state index in [1.807, 2.05) is 5.38 Å². The van der Waals surface area contributed by atoms with Crippen molar-refractivity contribution in [3.63, 3.8) is 0 Å². The van der Waals surface area contributed by atoms with E-state index in [0.717, 1.165) is 12.4 Å². The van der Waals surface area contributed by atoms with E-state index in [0.29, 0.717) is 31.7 Å². The molecule has 0 N–H and O–H groups in total. The highest BCUT2D eigenvalue weighted by molar-refractivity contribution is 7.08. The van der Waals surface area contributed by atoms with Gasteiger partial charge in [0, 0.05) is 37.6 Å². The molecule has 0 unspecified atom stereocenters. The van der Waals surface area contributed by atoms with Crippen molar-refractivity contribution in [1.29, 1.82) is 0 Å². The summed E-state index contributed by atoms with van der Waals surface area (Å²) in [5.74, 6) is 0.180. The average molecular weight is 342 g/mol. The second-order valence-corrected chi connectivity index (χ2v) is 5.83. The van der Waals surface area contributed by atoms with Crippen LogP contribution < -0.4 is 4.90 Å². The van der Waals surface area contributed by atoms with E-state index in [1.165, 1.54) is 11.3 Å². The Labute approximate surface area is 134 Å². The molecule has 0 spiro atoms. The summed E-state index contributed by atoms with van der Waals surface area (Å²) in [4.78, 5) is 22.8. The summed E-state index contributed by atoms with van der Waals surface area (Å²) in [6, 6.07) is 2.70. The first kappa shape index (κ1) is 15.7. The van der Waals surface area contributed by atoms with Gasteiger partial charge in [-0.2, -0.15) is 24.5 Å². The van der Waals surface area contributed by atoms with Gasteiger partial charge in [-0.1, -0.05) is 0 Å². The van der Waals surface area contributed by atoms with Crippen molar-refractivity contribution in [2.24, 2.45) is 0 Å². The molecule has 1 fully saturated rings. The molecule has 2 aromatic rings. The number of thiophene rings is 1. The maximum Gasteiger partial charge on any atom is 0.433 e. The van der Waals surface area contributed by atoms with Crippen LogP contribution in [0, 0.1) is 0 Å². The number of halogens is 3. The highest BCUT2D eigenvalue weighted by atomic mass is 32.1. The molecular weight excluding hydrogens is 329 g/mol. The largest absolute Gasteiger partial charge is 0.433 e. The highest BCUT2D eigenvalue weighted by Crippen LogP contribution is 2.29. The second-order valence-electron chi connectivity index (χ2n) is 5.05. The predicted octanol–water partition coefficient (Wildman–Crippen LogP) is 2.52. The monoisotopic (exact) mass is 342 g/mol. The number of carbonyl (C=O) groups is 1. The summed E-state index contributed by atoms with van der Waals surface area (Å²) in [5, 5.41) is 3.62. The average Bonchev–Trinajstić information content (AvgIpc) is 3.08. The van der Waals surface area contributed by atoms with Crippen LogP contribution in [0.2, 0.25) is 0 Å². The van der Waals surface area contributed by atoms with Crippen LogP contribution in [-0.4, -0.2) is 47.0 Å². The first-order valence-electron chi connectivity index (χ1n) is 6.91. The van der Waals surface area contributed by atoms with Crippen LogP contribution in [-0.2, 0) is 6.18 Å². The fourth-order valence-electron chi connectivity index (χ4n) is 2.38. The Morgan fingerprint density at radius 3 is 2.52 bits per heavy atom. The summed E-state index contributed by atoms with van der Waals surface area (Å²) in [7, 11) is 0. The van der Waals surface area contributed by atoms with Crippen molar-refractivity contribution in [2.45, 2.75) is 6.18 Å². The van der Waals surface area contributed by atoms with E-state index in [9.17, 15) is 18.0 Å². The minimum absolute atomic E-state index is 0.0513. The predicted molar refractivity (Wildman–Crippen MR) is 79.5 cm³/mol. The standard InChI is InChI=1S/C14H13F3N4OS/c15-14(16,17)11-7-12(19-9-18-11)20-2-4-21(5-3-20)13(22)10-1-6-23-8-10/h1,6-9H,2-5H2. The number of carbonyl (C=O) groups excluding carboxylic acids is 1. The fraction of sp³-hybridized carbons (Fsp3) is 0.357. The van der Waals surface area contributed by atoms with Gasteiger partial charge < -0.3 is 9.80 Å². The number of hydrogen-bond acceptors (Lipinski definition) is 5. The Bertz CT molecular complexity index is 682. The summed E-state index contributed by atoms with van der Waals surface area (Å²) >= 11 is 1.45. The first-order chi connectivity index (χ1) is 10.9.